The zero-order valence-electron chi connectivity index (χ0n) is 13.8. The van der Waals surface area contributed by atoms with Gasteiger partial charge in [-0.3, -0.25) is 4.79 Å². The largest absolute Gasteiger partial charge is 0.355 e. The highest BCUT2D eigenvalue weighted by atomic mass is 32.2. The van der Waals surface area contributed by atoms with Crippen molar-refractivity contribution in [2.24, 2.45) is 0 Å². The molecule has 0 saturated carbocycles. The summed E-state index contributed by atoms with van der Waals surface area (Å²) in [5, 5.41) is 13.7. The Balaban J connectivity index is 1.51. The monoisotopic (exact) mass is 373 g/mol. The Morgan fingerprint density at radius 3 is 2.80 bits per heavy atom. The van der Waals surface area contributed by atoms with Crippen molar-refractivity contribution >= 4 is 29.0 Å². The van der Waals surface area contributed by atoms with Crippen molar-refractivity contribution in [2.75, 3.05) is 18.1 Å². The standard InChI is InChI=1S/C17H19N5OS2/c1-12-4-6-13(7-5-12)16-20-21-17(22(16)18)25-11-15(23)19-9-8-14-3-2-10-24-14/h2-7,10H,8-9,11,18H2,1H3,(H,19,23). The van der Waals surface area contributed by atoms with Crippen LogP contribution in [0, 0.1) is 6.92 Å². The number of aryl methyl sites for hydroxylation is 1. The van der Waals surface area contributed by atoms with Gasteiger partial charge in [0, 0.05) is 17.0 Å². The van der Waals surface area contributed by atoms with Gasteiger partial charge in [0.05, 0.1) is 5.75 Å². The van der Waals surface area contributed by atoms with E-state index in [1.54, 1.807) is 11.3 Å². The first-order valence-corrected chi connectivity index (χ1v) is 9.69. The van der Waals surface area contributed by atoms with Crippen molar-refractivity contribution in [1.29, 1.82) is 0 Å². The Morgan fingerprint density at radius 1 is 1.28 bits per heavy atom. The first-order chi connectivity index (χ1) is 12.1. The van der Waals surface area contributed by atoms with Crippen LogP contribution < -0.4 is 11.2 Å². The second-order valence-electron chi connectivity index (χ2n) is 5.51. The highest BCUT2D eigenvalue weighted by molar-refractivity contribution is 7.99. The molecule has 0 saturated heterocycles. The van der Waals surface area contributed by atoms with Crippen molar-refractivity contribution in [1.82, 2.24) is 20.2 Å². The number of hydrogen-bond acceptors (Lipinski definition) is 6. The van der Waals surface area contributed by atoms with Gasteiger partial charge in [0.25, 0.3) is 0 Å². The molecule has 0 aliphatic rings. The lowest BCUT2D eigenvalue weighted by Gasteiger charge is -2.05. The highest BCUT2D eigenvalue weighted by Crippen LogP contribution is 2.21. The van der Waals surface area contributed by atoms with Gasteiger partial charge in [0.15, 0.2) is 5.82 Å². The predicted molar refractivity (Wildman–Crippen MR) is 102 cm³/mol. The maximum atomic E-state index is 11.9. The number of aromatic nitrogens is 3. The van der Waals surface area contributed by atoms with Crippen LogP contribution in [0.25, 0.3) is 11.4 Å². The predicted octanol–water partition coefficient (Wildman–Crippen LogP) is 2.48. The van der Waals surface area contributed by atoms with Gasteiger partial charge >= 0.3 is 0 Å². The summed E-state index contributed by atoms with van der Waals surface area (Å²) in [5.74, 6) is 6.87. The summed E-state index contributed by atoms with van der Waals surface area (Å²) >= 11 is 2.97. The smallest absolute Gasteiger partial charge is 0.230 e. The summed E-state index contributed by atoms with van der Waals surface area (Å²) in [6, 6.07) is 12.0. The van der Waals surface area contributed by atoms with Gasteiger partial charge in [-0.1, -0.05) is 47.7 Å². The normalized spacial score (nSPS) is 10.8. The summed E-state index contributed by atoms with van der Waals surface area (Å²) in [6.07, 6.45) is 0.846. The fourth-order valence-corrected chi connectivity index (χ4v) is 3.63. The number of nitrogens with one attached hydrogen (secondary N) is 1. The topological polar surface area (TPSA) is 85.8 Å². The maximum Gasteiger partial charge on any atom is 0.230 e. The number of thioether (sulfide) groups is 1. The molecule has 0 atom stereocenters. The van der Waals surface area contributed by atoms with Gasteiger partial charge in [-0.25, -0.2) is 4.68 Å². The first-order valence-electron chi connectivity index (χ1n) is 7.83. The average molecular weight is 374 g/mol. The van der Waals surface area contributed by atoms with E-state index in [-0.39, 0.29) is 11.7 Å². The van der Waals surface area contributed by atoms with E-state index in [2.05, 4.69) is 21.6 Å². The van der Waals surface area contributed by atoms with Crippen molar-refractivity contribution in [3.8, 4) is 11.4 Å². The van der Waals surface area contributed by atoms with Crippen LogP contribution in [0.1, 0.15) is 10.4 Å². The van der Waals surface area contributed by atoms with Crippen LogP contribution in [0.5, 0.6) is 0 Å². The SMILES string of the molecule is Cc1ccc(-c2nnc(SCC(=O)NCCc3cccs3)n2N)cc1. The van der Waals surface area contributed by atoms with E-state index in [4.69, 9.17) is 5.84 Å². The minimum Gasteiger partial charge on any atom is -0.355 e. The van der Waals surface area contributed by atoms with Gasteiger partial charge in [0.1, 0.15) is 0 Å². The molecule has 0 fully saturated rings. The lowest BCUT2D eigenvalue weighted by atomic mass is 10.1. The molecule has 2 heterocycles. The van der Waals surface area contributed by atoms with Crippen LogP contribution in [0.3, 0.4) is 0 Å². The number of rotatable bonds is 7. The van der Waals surface area contributed by atoms with E-state index in [0.29, 0.717) is 17.5 Å². The van der Waals surface area contributed by atoms with Crippen molar-refractivity contribution in [2.45, 2.75) is 18.5 Å². The molecule has 0 radical (unpaired) electrons. The number of nitrogens with two attached hydrogens (primary N) is 1. The number of carbonyl (C=O) groups excluding carboxylic acids is 1. The van der Waals surface area contributed by atoms with Gasteiger partial charge < -0.3 is 11.2 Å². The van der Waals surface area contributed by atoms with Crippen molar-refractivity contribution in [3.63, 3.8) is 0 Å². The molecule has 3 N–H and O–H groups in total. The van der Waals surface area contributed by atoms with E-state index in [1.165, 1.54) is 26.9 Å². The highest BCUT2D eigenvalue weighted by Gasteiger charge is 2.13. The Labute approximate surface area is 154 Å². The third-order valence-electron chi connectivity index (χ3n) is 3.58. The van der Waals surface area contributed by atoms with Crippen molar-refractivity contribution < 1.29 is 4.79 Å². The molecule has 1 amide bonds. The Kier molecular flexibility index (Phi) is 5.72. The number of amides is 1. The molecule has 0 spiro atoms. The number of nitrogens with zero attached hydrogens (tertiary/aromatic N) is 3. The van der Waals surface area contributed by atoms with Gasteiger partial charge in [-0.05, 0) is 24.8 Å². The number of hydrogen-bond donors (Lipinski definition) is 2. The minimum absolute atomic E-state index is 0.0403. The molecule has 0 aliphatic heterocycles. The zero-order chi connectivity index (χ0) is 17.6. The Bertz CT molecular complexity index is 827. The van der Waals surface area contributed by atoms with Crippen LogP contribution >= 0.6 is 23.1 Å². The second-order valence-corrected chi connectivity index (χ2v) is 7.48. The molecule has 8 heteroatoms. The van der Waals surface area contributed by atoms with E-state index in [9.17, 15) is 4.79 Å². The summed E-state index contributed by atoms with van der Waals surface area (Å²) in [7, 11) is 0. The Hall–Kier alpha value is -2.32. The number of nitrogen functional groups attached to an aromatic ring is 1. The summed E-state index contributed by atoms with van der Waals surface area (Å²) < 4.78 is 1.42. The maximum absolute atomic E-state index is 11.9. The molecule has 0 aliphatic carbocycles. The van der Waals surface area contributed by atoms with Crippen LogP contribution in [-0.4, -0.2) is 33.1 Å². The molecule has 0 bridgehead atoms. The van der Waals surface area contributed by atoms with Crippen molar-refractivity contribution in [3.05, 3.63) is 52.2 Å². The lowest BCUT2D eigenvalue weighted by Crippen LogP contribution is -2.27. The minimum atomic E-state index is -0.0403. The summed E-state index contributed by atoms with van der Waals surface area (Å²) in [5.41, 5.74) is 2.06. The third kappa shape index (κ3) is 4.61. The van der Waals surface area contributed by atoms with Gasteiger partial charge in [0.2, 0.25) is 11.1 Å². The van der Waals surface area contributed by atoms with Crippen LogP contribution in [0.4, 0.5) is 0 Å². The summed E-state index contributed by atoms with van der Waals surface area (Å²) in [6.45, 7) is 2.65. The first kappa shape index (κ1) is 17.5. The summed E-state index contributed by atoms with van der Waals surface area (Å²) in [4.78, 5) is 13.2. The molecule has 25 heavy (non-hydrogen) atoms. The fraction of sp³-hybridized carbons (Fsp3) is 0.235. The van der Waals surface area contributed by atoms with E-state index >= 15 is 0 Å². The molecule has 130 valence electrons. The molecule has 6 nitrogen and oxygen atoms in total. The van der Waals surface area contributed by atoms with E-state index in [1.807, 2.05) is 42.6 Å². The van der Waals surface area contributed by atoms with E-state index in [0.717, 1.165) is 12.0 Å². The van der Waals surface area contributed by atoms with Crippen LogP contribution in [-0.2, 0) is 11.2 Å². The average Bonchev–Trinajstić information content (AvgIpc) is 3.24. The van der Waals surface area contributed by atoms with E-state index < -0.39 is 0 Å². The molecular weight excluding hydrogens is 354 g/mol. The number of carbonyl (C=O) groups is 1. The third-order valence-corrected chi connectivity index (χ3v) is 5.46. The van der Waals surface area contributed by atoms with Gasteiger partial charge in [-0.15, -0.1) is 21.5 Å². The van der Waals surface area contributed by atoms with Crippen LogP contribution in [0.15, 0.2) is 46.9 Å². The molecule has 0 unspecified atom stereocenters. The zero-order valence-corrected chi connectivity index (χ0v) is 15.4. The lowest BCUT2D eigenvalue weighted by molar-refractivity contribution is -0.118. The quantitative estimate of drug-likeness (QED) is 0.491. The second kappa shape index (κ2) is 8.17. The van der Waals surface area contributed by atoms with Crippen LogP contribution in [0.2, 0.25) is 0 Å². The molecule has 1 aromatic carbocycles. The molecule has 2 aromatic heterocycles. The number of thiophene rings is 1. The molecule has 3 rings (SSSR count). The fourth-order valence-electron chi connectivity index (χ4n) is 2.24. The molecule has 3 aromatic rings. The number of benzene rings is 1. The van der Waals surface area contributed by atoms with Gasteiger partial charge in [-0.2, -0.15) is 0 Å². The Morgan fingerprint density at radius 2 is 2.08 bits per heavy atom. The molecular formula is C17H19N5OS2.